The van der Waals surface area contributed by atoms with Gasteiger partial charge in [0.2, 0.25) is 0 Å². The van der Waals surface area contributed by atoms with E-state index in [1.807, 2.05) is 121 Å². The van der Waals surface area contributed by atoms with E-state index in [1.54, 1.807) is 12.0 Å². The number of aryl methyl sites for hydroxylation is 1. The maximum absolute atomic E-state index is 13.2. The van der Waals surface area contributed by atoms with E-state index in [0.29, 0.717) is 24.6 Å². The number of urea groups is 1. The van der Waals surface area contributed by atoms with Crippen LogP contribution < -0.4 is 15.4 Å². The molecule has 0 atom stereocenters. The topological polar surface area (TPSA) is 84.8 Å². The summed E-state index contributed by atoms with van der Waals surface area (Å²) in [5, 5.41) is 6.87. The van der Waals surface area contributed by atoms with Crippen LogP contribution in [0.3, 0.4) is 0 Å². The molecule has 0 spiro atoms. The minimum Gasteiger partial charge on any atom is -0.497 e. The van der Waals surface area contributed by atoms with Gasteiger partial charge < -0.3 is 19.4 Å². The summed E-state index contributed by atoms with van der Waals surface area (Å²) in [6, 6.07) is 34.1. The monoisotopic (exact) mass is 548 g/mol. The highest BCUT2D eigenvalue weighted by Crippen LogP contribution is 2.23. The Morgan fingerprint density at radius 3 is 2.22 bits per heavy atom. The molecule has 8 heteroatoms. The third kappa shape index (κ3) is 7.05. The Bertz CT molecular complexity index is 1630. The summed E-state index contributed by atoms with van der Waals surface area (Å²) in [6.45, 7) is 0.811. The summed E-state index contributed by atoms with van der Waals surface area (Å²) in [6.07, 6.45) is -0.434. The first kappa shape index (κ1) is 27.3. The second-order valence-corrected chi connectivity index (χ2v) is 9.67. The summed E-state index contributed by atoms with van der Waals surface area (Å²) in [5.41, 5.74) is 4.33. The molecule has 0 saturated carbocycles. The van der Waals surface area contributed by atoms with Gasteiger partial charge in [-0.2, -0.15) is 0 Å². The number of benzene rings is 4. The summed E-state index contributed by atoms with van der Waals surface area (Å²) in [5.74, 6) is 1.43. The molecule has 0 aliphatic heterocycles. The molecule has 1 aromatic heterocycles. The number of hydrogen-bond acceptors (Lipinski definition) is 4. The first-order chi connectivity index (χ1) is 20.0. The summed E-state index contributed by atoms with van der Waals surface area (Å²) >= 11 is 0. The fourth-order valence-corrected chi connectivity index (χ4v) is 4.60. The SMILES string of the molecule is COc1ccc(CN(Cc2cccc(NC(=O)Nc3cc4ccccc4n3C)c2)C(=O)OCc2ccccc2)cc1. The number of carbonyl (C=O) groups excluding carboxylic acids is 2. The number of hydrogen-bond donors (Lipinski definition) is 2. The van der Waals surface area contributed by atoms with E-state index in [0.717, 1.165) is 33.3 Å². The van der Waals surface area contributed by atoms with Crippen molar-refractivity contribution in [2.75, 3.05) is 17.7 Å². The number of rotatable bonds is 9. The van der Waals surface area contributed by atoms with Gasteiger partial charge in [-0.05, 0) is 53.1 Å². The van der Waals surface area contributed by atoms with Gasteiger partial charge >= 0.3 is 12.1 Å². The molecule has 0 aliphatic rings. The number of para-hydroxylation sites is 1. The van der Waals surface area contributed by atoms with Crippen molar-refractivity contribution in [2.45, 2.75) is 19.7 Å². The van der Waals surface area contributed by atoms with Gasteiger partial charge in [-0.25, -0.2) is 9.59 Å². The lowest BCUT2D eigenvalue weighted by atomic mass is 10.1. The Hall–Kier alpha value is -5.24. The van der Waals surface area contributed by atoms with Gasteiger partial charge in [-0.1, -0.05) is 72.8 Å². The lowest BCUT2D eigenvalue weighted by molar-refractivity contribution is 0.0910. The highest BCUT2D eigenvalue weighted by molar-refractivity contribution is 6.01. The van der Waals surface area contributed by atoms with Crippen molar-refractivity contribution in [1.29, 1.82) is 0 Å². The van der Waals surface area contributed by atoms with E-state index < -0.39 is 6.09 Å². The molecule has 0 unspecified atom stereocenters. The molecule has 0 aliphatic carbocycles. The van der Waals surface area contributed by atoms with Crippen molar-refractivity contribution in [3.63, 3.8) is 0 Å². The standard InChI is InChI=1S/C33H32N4O4/c1-36-30-14-7-6-12-27(30)20-31(36)35-32(38)34-28-13-8-11-26(19-28)22-37(21-24-15-17-29(40-2)18-16-24)33(39)41-23-25-9-4-3-5-10-25/h3-20H,21-23H2,1-2H3,(H2,34,35,38). The van der Waals surface area contributed by atoms with Gasteiger partial charge in [-0.3, -0.25) is 10.2 Å². The zero-order chi connectivity index (χ0) is 28.6. The van der Waals surface area contributed by atoms with E-state index >= 15 is 0 Å². The highest BCUT2D eigenvalue weighted by Gasteiger charge is 2.17. The third-order valence-corrected chi connectivity index (χ3v) is 6.75. The number of nitrogens with one attached hydrogen (secondary N) is 2. The van der Waals surface area contributed by atoms with Crippen molar-refractivity contribution in [3.05, 3.63) is 126 Å². The average molecular weight is 549 g/mol. The Balaban J connectivity index is 1.28. The second kappa shape index (κ2) is 12.7. The number of fused-ring (bicyclic) bond motifs is 1. The molecule has 0 bridgehead atoms. The van der Waals surface area contributed by atoms with Gasteiger partial charge in [0.1, 0.15) is 18.2 Å². The van der Waals surface area contributed by atoms with Crippen LogP contribution in [0.4, 0.5) is 21.1 Å². The van der Waals surface area contributed by atoms with Crippen LogP contribution in [0.5, 0.6) is 5.75 Å². The molecular weight excluding hydrogens is 516 g/mol. The Kier molecular flexibility index (Phi) is 8.49. The van der Waals surface area contributed by atoms with E-state index in [9.17, 15) is 9.59 Å². The quantitative estimate of drug-likeness (QED) is 0.205. The maximum Gasteiger partial charge on any atom is 0.410 e. The first-order valence-corrected chi connectivity index (χ1v) is 13.3. The maximum atomic E-state index is 13.2. The first-order valence-electron chi connectivity index (χ1n) is 13.3. The van der Waals surface area contributed by atoms with Gasteiger partial charge in [0, 0.05) is 36.7 Å². The van der Waals surface area contributed by atoms with Crippen molar-refractivity contribution in [1.82, 2.24) is 9.47 Å². The van der Waals surface area contributed by atoms with Crippen molar-refractivity contribution >= 4 is 34.5 Å². The van der Waals surface area contributed by atoms with Crippen LogP contribution in [-0.2, 0) is 31.5 Å². The fraction of sp³-hybridized carbons (Fsp3) is 0.152. The van der Waals surface area contributed by atoms with Crippen LogP contribution in [0.15, 0.2) is 109 Å². The number of aromatic nitrogens is 1. The fourth-order valence-electron chi connectivity index (χ4n) is 4.60. The average Bonchev–Trinajstić information content (AvgIpc) is 3.31. The van der Waals surface area contributed by atoms with Gasteiger partial charge in [0.15, 0.2) is 0 Å². The molecule has 41 heavy (non-hydrogen) atoms. The summed E-state index contributed by atoms with van der Waals surface area (Å²) < 4.78 is 12.9. The minimum atomic E-state index is -0.434. The predicted octanol–water partition coefficient (Wildman–Crippen LogP) is 7.17. The Morgan fingerprint density at radius 1 is 0.756 bits per heavy atom. The van der Waals surface area contributed by atoms with Crippen molar-refractivity contribution in [3.8, 4) is 5.75 Å². The summed E-state index contributed by atoms with van der Waals surface area (Å²) in [4.78, 5) is 27.7. The predicted molar refractivity (Wildman–Crippen MR) is 161 cm³/mol. The Labute approximate surface area is 239 Å². The molecule has 0 fully saturated rings. The van der Waals surface area contributed by atoms with Crippen molar-refractivity contribution < 1.29 is 19.1 Å². The molecule has 4 aromatic carbocycles. The van der Waals surface area contributed by atoms with Gasteiger partial charge in [0.05, 0.1) is 7.11 Å². The lowest BCUT2D eigenvalue weighted by Gasteiger charge is -2.23. The minimum absolute atomic E-state index is 0.175. The number of carbonyl (C=O) groups is 2. The second-order valence-electron chi connectivity index (χ2n) is 9.67. The van der Waals surface area contributed by atoms with E-state index in [1.165, 1.54) is 0 Å². The van der Waals surface area contributed by atoms with Crippen LogP contribution in [0.25, 0.3) is 10.9 Å². The molecule has 5 aromatic rings. The molecule has 0 saturated heterocycles. The molecule has 208 valence electrons. The highest BCUT2D eigenvalue weighted by atomic mass is 16.6. The van der Waals surface area contributed by atoms with Crippen LogP contribution in [0.2, 0.25) is 0 Å². The number of methoxy groups -OCH3 is 1. The number of anilines is 2. The third-order valence-electron chi connectivity index (χ3n) is 6.75. The molecule has 5 rings (SSSR count). The normalized spacial score (nSPS) is 10.7. The molecule has 1 heterocycles. The zero-order valence-corrected chi connectivity index (χ0v) is 23.0. The largest absolute Gasteiger partial charge is 0.497 e. The van der Waals surface area contributed by atoms with Crippen LogP contribution in [0.1, 0.15) is 16.7 Å². The van der Waals surface area contributed by atoms with Crippen LogP contribution in [0, 0.1) is 0 Å². The molecule has 2 N–H and O–H groups in total. The molecule has 0 radical (unpaired) electrons. The molecular formula is C33H32N4O4. The lowest BCUT2D eigenvalue weighted by Crippen LogP contribution is -2.30. The van der Waals surface area contributed by atoms with Gasteiger partial charge in [-0.15, -0.1) is 0 Å². The number of amides is 3. The van der Waals surface area contributed by atoms with E-state index in [-0.39, 0.29) is 12.6 Å². The van der Waals surface area contributed by atoms with E-state index in [2.05, 4.69) is 10.6 Å². The molecule has 3 amide bonds. The Morgan fingerprint density at radius 2 is 1.46 bits per heavy atom. The molecule has 8 nitrogen and oxygen atoms in total. The van der Waals surface area contributed by atoms with Crippen LogP contribution in [-0.4, -0.2) is 28.7 Å². The smallest absolute Gasteiger partial charge is 0.410 e. The zero-order valence-electron chi connectivity index (χ0n) is 23.0. The van der Waals surface area contributed by atoms with Crippen molar-refractivity contribution in [2.24, 2.45) is 7.05 Å². The summed E-state index contributed by atoms with van der Waals surface area (Å²) in [7, 11) is 3.53. The van der Waals surface area contributed by atoms with Crippen LogP contribution >= 0.6 is 0 Å². The number of nitrogens with zero attached hydrogens (tertiary/aromatic N) is 2. The number of ether oxygens (including phenoxy) is 2. The van der Waals surface area contributed by atoms with Gasteiger partial charge in [0.25, 0.3) is 0 Å². The van der Waals surface area contributed by atoms with E-state index in [4.69, 9.17) is 9.47 Å².